The Hall–Kier alpha value is -3.01. The number of amidine groups is 1. The zero-order valence-electron chi connectivity index (χ0n) is 14.7. The Labute approximate surface area is 148 Å². The second kappa shape index (κ2) is 8.73. The predicted octanol–water partition coefficient (Wildman–Crippen LogP) is 4.61. The molecule has 0 saturated heterocycles. The lowest BCUT2D eigenvalue weighted by molar-refractivity contribution is 0.627. The van der Waals surface area contributed by atoms with Gasteiger partial charge in [0.05, 0.1) is 0 Å². The average Bonchev–Trinajstić information content (AvgIpc) is 2.59. The van der Waals surface area contributed by atoms with E-state index in [1.807, 2.05) is 49.4 Å². The van der Waals surface area contributed by atoms with Gasteiger partial charge < -0.3 is 5.73 Å². The molecule has 0 aromatic heterocycles. The first-order chi connectivity index (χ1) is 12.0. The van der Waals surface area contributed by atoms with Crippen LogP contribution in [-0.2, 0) is 0 Å². The van der Waals surface area contributed by atoms with Gasteiger partial charge in [-0.25, -0.2) is 9.38 Å². The molecule has 0 unspecified atom stereocenters. The van der Waals surface area contributed by atoms with Crippen molar-refractivity contribution in [3.8, 4) is 0 Å². The van der Waals surface area contributed by atoms with E-state index in [2.05, 4.69) is 9.98 Å². The molecule has 0 heterocycles. The Bertz CT molecular complexity index is 842. The first-order valence-corrected chi connectivity index (χ1v) is 7.98. The third-order valence-corrected chi connectivity index (χ3v) is 3.43. The molecule has 0 aliphatic rings. The van der Waals surface area contributed by atoms with Crippen LogP contribution in [0.5, 0.6) is 0 Å². The normalized spacial score (nSPS) is 13.9. The van der Waals surface area contributed by atoms with Crippen LogP contribution in [0.4, 0.5) is 4.39 Å². The van der Waals surface area contributed by atoms with Crippen LogP contribution in [0.1, 0.15) is 25.0 Å². The van der Waals surface area contributed by atoms with Gasteiger partial charge in [-0.05, 0) is 49.3 Å². The smallest absolute Gasteiger partial charge is 0.154 e. The molecule has 0 amide bonds. The summed E-state index contributed by atoms with van der Waals surface area (Å²) < 4.78 is 13.6. The third kappa shape index (κ3) is 5.53. The first-order valence-electron chi connectivity index (χ1n) is 7.98. The number of aliphatic imine (C=N–C) groups is 2. The van der Waals surface area contributed by atoms with E-state index in [0.29, 0.717) is 11.5 Å². The molecule has 0 saturated carbocycles. The van der Waals surface area contributed by atoms with Crippen molar-refractivity contribution in [3.63, 3.8) is 0 Å². The minimum absolute atomic E-state index is 0.291. The number of rotatable bonds is 4. The zero-order valence-corrected chi connectivity index (χ0v) is 14.7. The molecule has 0 bridgehead atoms. The number of halogens is 1. The molecule has 0 atom stereocenters. The third-order valence-electron chi connectivity index (χ3n) is 3.43. The van der Waals surface area contributed by atoms with Gasteiger partial charge in [-0.2, -0.15) is 0 Å². The Morgan fingerprint density at radius 1 is 0.960 bits per heavy atom. The van der Waals surface area contributed by atoms with Crippen molar-refractivity contribution in [2.75, 3.05) is 7.05 Å². The van der Waals surface area contributed by atoms with Crippen molar-refractivity contribution in [1.29, 1.82) is 0 Å². The van der Waals surface area contributed by atoms with Gasteiger partial charge in [-0.15, -0.1) is 0 Å². The molecule has 2 N–H and O–H groups in total. The van der Waals surface area contributed by atoms with Gasteiger partial charge in [0, 0.05) is 24.0 Å². The fraction of sp³-hybridized carbons (Fsp3) is 0.143. The van der Waals surface area contributed by atoms with E-state index >= 15 is 0 Å². The van der Waals surface area contributed by atoms with Crippen LogP contribution in [0.3, 0.4) is 0 Å². The Kier molecular flexibility index (Phi) is 6.40. The van der Waals surface area contributed by atoms with E-state index in [1.165, 1.54) is 12.1 Å². The van der Waals surface area contributed by atoms with Gasteiger partial charge >= 0.3 is 0 Å². The SMILES string of the molecule is CN=C(N=C(C)/C=C(\C=C(/C)N)c1cccc(F)c1)c1ccccc1. The largest absolute Gasteiger partial charge is 0.402 e. The van der Waals surface area contributed by atoms with Crippen LogP contribution in [0.15, 0.2) is 82.4 Å². The maximum absolute atomic E-state index is 13.6. The molecule has 3 nitrogen and oxygen atoms in total. The van der Waals surface area contributed by atoms with Crippen molar-refractivity contribution in [2.24, 2.45) is 15.7 Å². The number of nitrogens with two attached hydrogens (primary N) is 1. The van der Waals surface area contributed by atoms with E-state index in [1.54, 1.807) is 26.1 Å². The van der Waals surface area contributed by atoms with Gasteiger partial charge in [0.15, 0.2) is 5.84 Å². The van der Waals surface area contributed by atoms with Crippen LogP contribution in [0, 0.1) is 5.82 Å². The van der Waals surface area contributed by atoms with Crippen molar-refractivity contribution in [1.82, 2.24) is 0 Å². The minimum atomic E-state index is -0.291. The summed E-state index contributed by atoms with van der Waals surface area (Å²) in [5.74, 6) is 0.350. The van der Waals surface area contributed by atoms with Crippen molar-refractivity contribution in [2.45, 2.75) is 13.8 Å². The van der Waals surface area contributed by atoms with Crippen LogP contribution in [0.25, 0.3) is 5.57 Å². The molecule has 0 fully saturated rings. The summed E-state index contributed by atoms with van der Waals surface area (Å²) in [5, 5.41) is 0. The van der Waals surface area contributed by atoms with Crippen LogP contribution in [0.2, 0.25) is 0 Å². The summed E-state index contributed by atoms with van der Waals surface area (Å²) >= 11 is 0. The molecule has 4 heteroatoms. The van der Waals surface area contributed by atoms with Crippen LogP contribution < -0.4 is 5.73 Å². The number of allylic oxidation sites excluding steroid dienone is 4. The van der Waals surface area contributed by atoms with Gasteiger partial charge in [-0.3, -0.25) is 4.99 Å². The molecule has 0 spiro atoms. The summed E-state index contributed by atoms with van der Waals surface area (Å²) in [6.07, 6.45) is 3.68. The van der Waals surface area contributed by atoms with Crippen molar-refractivity contribution < 1.29 is 4.39 Å². The lowest BCUT2D eigenvalue weighted by Gasteiger charge is -2.06. The molecule has 0 aliphatic carbocycles. The molecule has 25 heavy (non-hydrogen) atoms. The van der Waals surface area contributed by atoms with Gasteiger partial charge in [0.25, 0.3) is 0 Å². The number of benzene rings is 2. The second-order valence-corrected chi connectivity index (χ2v) is 5.66. The minimum Gasteiger partial charge on any atom is -0.402 e. The average molecular weight is 335 g/mol. The highest BCUT2D eigenvalue weighted by molar-refractivity contribution is 6.11. The molecular formula is C21H22FN3. The zero-order chi connectivity index (χ0) is 18.2. The maximum atomic E-state index is 13.6. The molecule has 128 valence electrons. The van der Waals surface area contributed by atoms with Gasteiger partial charge in [0.1, 0.15) is 5.82 Å². The fourth-order valence-corrected chi connectivity index (χ4v) is 2.38. The lowest BCUT2D eigenvalue weighted by atomic mass is 10.0. The highest BCUT2D eigenvalue weighted by Crippen LogP contribution is 2.18. The summed E-state index contributed by atoms with van der Waals surface area (Å²) in [5.41, 5.74) is 9.69. The number of nitrogens with zero attached hydrogens (tertiary/aromatic N) is 2. The van der Waals surface area contributed by atoms with E-state index in [0.717, 1.165) is 22.4 Å². The molecule has 0 aliphatic heterocycles. The van der Waals surface area contributed by atoms with E-state index in [9.17, 15) is 4.39 Å². The van der Waals surface area contributed by atoms with Crippen LogP contribution in [-0.4, -0.2) is 18.6 Å². The predicted molar refractivity (Wildman–Crippen MR) is 104 cm³/mol. The standard InChI is InChI=1S/C21H22FN3/c1-15(23)12-19(18-10-7-11-20(22)14-18)13-16(2)25-21(24-3)17-8-5-4-6-9-17/h4-14H,23H2,1-3H3/b15-12+,19-13+,24-21?,25-16?. The molecule has 0 radical (unpaired) electrons. The van der Waals surface area contributed by atoms with Crippen LogP contribution >= 0.6 is 0 Å². The molecule has 2 rings (SSSR count). The molecular weight excluding hydrogens is 313 g/mol. The Morgan fingerprint density at radius 3 is 2.24 bits per heavy atom. The summed E-state index contributed by atoms with van der Waals surface area (Å²) in [4.78, 5) is 8.84. The highest BCUT2D eigenvalue weighted by Gasteiger charge is 2.04. The number of hydrogen-bond acceptors (Lipinski definition) is 2. The summed E-state index contributed by atoms with van der Waals surface area (Å²) in [6.45, 7) is 3.68. The molecule has 2 aromatic rings. The van der Waals surface area contributed by atoms with Gasteiger partial charge in [0.2, 0.25) is 0 Å². The maximum Gasteiger partial charge on any atom is 0.154 e. The van der Waals surface area contributed by atoms with Crippen molar-refractivity contribution in [3.05, 3.63) is 89.4 Å². The van der Waals surface area contributed by atoms with E-state index < -0.39 is 0 Å². The van der Waals surface area contributed by atoms with Crippen molar-refractivity contribution >= 4 is 17.1 Å². The number of hydrogen-bond donors (Lipinski definition) is 1. The first kappa shape index (κ1) is 18.3. The lowest BCUT2D eigenvalue weighted by Crippen LogP contribution is -2.01. The quantitative estimate of drug-likeness (QED) is 0.495. The highest BCUT2D eigenvalue weighted by atomic mass is 19.1. The van der Waals surface area contributed by atoms with Gasteiger partial charge in [-0.1, -0.05) is 42.5 Å². The summed E-state index contributed by atoms with van der Waals surface area (Å²) in [7, 11) is 1.71. The summed E-state index contributed by atoms with van der Waals surface area (Å²) in [6, 6.07) is 16.2. The monoisotopic (exact) mass is 335 g/mol. The Balaban J connectivity index is 2.43. The fourth-order valence-electron chi connectivity index (χ4n) is 2.38. The topological polar surface area (TPSA) is 50.7 Å². The molecule has 2 aromatic carbocycles. The second-order valence-electron chi connectivity index (χ2n) is 5.66. The van der Waals surface area contributed by atoms with E-state index in [-0.39, 0.29) is 5.82 Å². The Morgan fingerprint density at radius 2 is 1.64 bits per heavy atom. The van der Waals surface area contributed by atoms with E-state index in [4.69, 9.17) is 5.73 Å².